The van der Waals surface area contributed by atoms with E-state index in [0.29, 0.717) is 31.1 Å². The number of thioether (sulfide) groups is 1. The minimum atomic E-state index is -0.258. The van der Waals surface area contributed by atoms with Gasteiger partial charge in [-0.3, -0.25) is 14.2 Å². The molecule has 0 spiro atoms. The predicted octanol–water partition coefficient (Wildman–Crippen LogP) is 4.34. The molecule has 0 aliphatic carbocycles. The first-order valence-electron chi connectivity index (χ1n) is 7.20. The first-order chi connectivity index (χ1) is 11.8. The van der Waals surface area contributed by atoms with Crippen molar-refractivity contribution >= 4 is 68.1 Å². The van der Waals surface area contributed by atoms with E-state index in [2.05, 4.69) is 10.3 Å². The normalized spacial score (nSPS) is 11.0. The summed E-state index contributed by atoms with van der Waals surface area (Å²) in [5.74, 6) is -0.162. The molecule has 3 rings (SSSR count). The molecule has 0 aliphatic rings. The lowest BCUT2D eigenvalue weighted by molar-refractivity contribution is -0.113. The summed E-state index contributed by atoms with van der Waals surface area (Å²) in [7, 11) is 1.65. The van der Waals surface area contributed by atoms with Gasteiger partial charge < -0.3 is 5.32 Å². The van der Waals surface area contributed by atoms with Crippen LogP contribution in [-0.2, 0) is 11.8 Å². The number of hydrogen-bond donors (Lipinski definition) is 1. The van der Waals surface area contributed by atoms with Crippen LogP contribution in [-0.4, -0.2) is 21.2 Å². The molecule has 9 heteroatoms. The van der Waals surface area contributed by atoms with Gasteiger partial charge in [0.25, 0.3) is 5.56 Å². The van der Waals surface area contributed by atoms with Crippen molar-refractivity contribution in [2.45, 2.75) is 12.1 Å². The summed E-state index contributed by atoms with van der Waals surface area (Å²) in [4.78, 5) is 30.7. The van der Waals surface area contributed by atoms with E-state index in [1.54, 1.807) is 25.2 Å². The van der Waals surface area contributed by atoms with E-state index in [-0.39, 0.29) is 17.2 Å². The van der Waals surface area contributed by atoms with Crippen LogP contribution in [0.4, 0.5) is 5.69 Å². The van der Waals surface area contributed by atoms with Gasteiger partial charge in [0.1, 0.15) is 4.83 Å². The van der Waals surface area contributed by atoms with Gasteiger partial charge in [0, 0.05) is 16.9 Å². The van der Waals surface area contributed by atoms with Gasteiger partial charge >= 0.3 is 0 Å². The van der Waals surface area contributed by atoms with Crippen molar-refractivity contribution in [2.75, 3.05) is 11.1 Å². The largest absolute Gasteiger partial charge is 0.324 e. The van der Waals surface area contributed by atoms with Crippen LogP contribution in [0, 0.1) is 6.92 Å². The Bertz CT molecular complexity index is 1030. The summed E-state index contributed by atoms with van der Waals surface area (Å²) >= 11 is 14.6. The van der Waals surface area contributed by atoms with Crippen molar-refractivity contribution in [2.24, 2.45) is 7.05 Å². The summed E-state index contributed by atoms with van der Waals surface area (Å²) in [5, 5.41) is 4.69. The van der Waals surface area contributed by atoms with Gasteiger partial charge in [-0.2, -0.15) is 0 Å². The van der Waals surface area contributed by atoms with Gasteiger partial charge in [-0.25, -0.2) is 4.98 Å². The van der Waals surface area contributed by atoms with E-state index in [0.717, 1.165) is 4.88 Å². The Labute approximate surface area is 162 Å². The Kier molecular flexibility index (Phi) is 5.38. The molecule has 0 saturated heterocycles. The lowest BCUT2D eigenvalue weighted by atomic mass is 10.3. The van der Waals surface area contributed by atoms with Gasteiger partial charge in [0.2, 0.25) is 5.91 Å². The number of aryl methyl sites for hydroxylation is 1. The second-order valence-corrected chi connectivity index (χ2v) is 8.32. The number of fused-ring (bicyclic) bond motifs is 1. The lowest BCUT2D eigenvalue weighted by Gasteiger charge is -2.09. The number of carbonyl (C=O) groups is 1. The van der Waals surface area contributed by atoms with Crippen LogP contribution in [0.3, 0.4) is 0 Å². The third-order valence-corrected chi connectivity index (χ3v) is 5.93. The van der Waals surface area contributed by atoms with Crippen molar-refractivity contribution in [1.82, 2.24) is 9.55 Å². The molecule has 0 fully saturated rings. The van der Waals surface area contributed by atoms with Gasteiger partial charge in [0.05, 0.1) is 21.8 Å². The second-order valence-electron chi connectivity index (χ2n) is 5.30. The molecule has 1 aromatic carbocycles. The average Bonchev–Trinajstić information content (AvgIpc) is 2.93. The standard InChI is InChI=1S/C16H13Cl2N3O2S2/c1-8-5-10-14(25-8)20-16(21(2)15(10)23)24-7-13(22)19-12-6-9(17)3-4-11(12)18/h3-6H,7H2,1-2H3,(H,19,22). The molecule has 1 N–H and O–H groups in total. The van der Waals surface area contributed by atoms with Crippen molar-refractivity contribution in [3.8, 4) is 0 Å². The summed E-state index contributed by atoms with van der Waals surface area (Å²) in [6.45, 7) is 1.93. The molecule has 0 aliphatic heterocycles. The third-order valence-electron chi connectivity index (χ3n) is 3.39. The number of nitrogens with one attached hydrogen (secondary N) is 1. The predicted molar refractivity (Wildman–Crippen MR) is 105 cm³/mol. The van der Waals surface area contributed by atoms with Gasteiger partial charge in [-0.05, 0) is 31.2 Å². The van der Waals surface area contributed by atoms with E-state index in [9.17, 15) is 9.59 Å². The molecule has 0 atom stereocenters. The van der Waals surface area contributed by atoms with Crippen molar-refractivity contribution < 1.29 is 4.79 Å². The molecule has 0 saturated carbocycles. The van der Waals surface area contributed by atoms with Crippen LogP contribution in [0.2, 0.25) is 10.0 Å². The van der Waals surface area contributed by atoms with E-state index in [1.807, 2.05) is 13.0 Å². The highest BCUT2D eigenvalue weighted by Gasteiger charge is 2.13. The summed E-state index contributed by atoms with van der Waals surface area (Å²) in [5.41, 5.74) is 0.334. The zero-order valence-electron chi connectivity index (χ0n) is 13.3. The number of hydrogen-bond acceptors (Lipinski definition) is 5. The first-order valence-corrected chi connectivity index (χ1v) is 9.76. The van der Waals surface area contributed by atoms with Crippen molar-refractivity contribution in [1.29, 1.82) is 0 Å². The Morgan fingerprint density at radius 3 is 2.88 bits per heavy atom. The number of nitrogens with zero attached hydrogens (tertiary/aromatic N) is 2. The molecule has 3 aromatic rings. The fraction of sp³-hybridized carbons (Fsp3) is 0.188. The Hall–Kier alpha value is -1.54. The number of anilines is 1. The average molecular weight is 414 g/mol. The molecule has 5 nitrogen and oxygen atoms in total. The molecule has 0 bridgehead atoms. The maximum Gasteiger partial charge on any atom is 0.262 e. The molecule has 0 radical (unpaired) electrons. The van der Waals surface area contributed by atoms with Crippen molar-refractivity contribution in [3.05, 3.63) is 49.5 Å². The molecule has 1 amide bonds. The number of aromatic nitrogens is 2. The molecular weight excluding hydrogens is 401 g/mol. The van der Waals surface area contributed by atoms with Crippen LogP contribution >= 0.6 is 46.3 Å². The van der Waals surface area contributed by atoms with Crippen LogP contribution in [0.5, 0.6) is 0 Å². The zero-order chi connectivity index (χ0) is 18.1. The molecule has 2 heterocycles. The van der Waals surface area contributed by atoms with E-state index < -0.39 is 0 Å². The fourth-order valence-electron chi connectivity index (χ4n) is 2.21. The van der Waals surface area contributed by atoms with Crippen LogP contribution in [0.25, 0.3) is 10.2 Å². The van der Waals surface area contributed by atoms with E-state index in [1.165, 1.54) is 27.7 Å². The Morgan fingerprint density at radius 2 is 2.12 bits per heavy atom. The number of rotatable bonds is 4. The van der Waals surface area contributed by atoms with Crippen LogP contribution in [0.15, 0.2) is 34.2 Å². The zero-order valence-corrected chi connectivity index (χ0v) is 16.4. The number of carbonyl (C=O) groups excluding carboxylic acids is 1. The minimum Gasteiger partial charge on any atom is -0.324 e. The Balaban J connectivity index is 1.76. The van der Waals surface area contributed by atoms with Crippen molar-refractivity contribution in [3.63, 3.8) is 0 Å². The van der Waals surface area contributed by atoms with Crippen LogP contribution in [0.1, 0.15) is 4.88 Å². The smallest absolute Gasteiger partial charge is 0.262 e. The first kappa shape index (κ1) is 18.3. The van der Waals surface area contributed by atoms with Gasteiger partial charge in [0.15, 0.2) is 5.16 Å². The second kappa shape index (κ2) is 7.37. The maximum absolute atomic E-state index is 12.4. The highest BCUT2D eigenvalue weighted by Crippen LogP contribution is 2.26. The molecular formula is C16H13Cl2N3O2S2. The molecule has 130 valence electrons. The Morgan fingerprint density at radius 1 is 1.36 bits per heavy atom. The summed E-state index contributed by atoms with van der Waals surface area (Å²) < 4.78 is 1.46. The van der Waals surface area contributed by atoms with Crippen LogP contribution < -0.4 is 10.9 Å². The SMILES string of the molecule is Cc1cc2c(=O)n(C)c(SCC(=O)Nc3cc(Cl)ccc3Cl)nc2s1. The third kappa shape index (κ3) is 4.00. The number of amides is 1. The highest BCUT2D eigenvalue weighted by atomic mass is 35.5. The number of thiophene rings is 1. The van der Waals surface area contributed by atoms with E-state index in [4.69, 9.17) is 23.2 Å². The molecule has 2 aromatic heterocycles. The number of benzene rings is 1. The fourth-order valence-corrected chi connectivity index (χ4v) is 4.24. The minimum absolute atomic E-state index is 0.0962. The summed E-state index contributed by atoms with van der Waals surface area (Å²) in [6, 6.07) is 6.68. The molecule has 0 unspecified atom stereocenters. The summed E-state index contributed by atoms with van der Waals surface area (Å²) in [6.07, 6.45) is 0. The van der Waals surface area contributed by atoms with Gasteiger partial charge in [-0.1, -0.05) is 35.0 Å². The van der Waals surface area contributed by atoms with Gasteiger partial charge in [-0.15, -0.1) is 11.3 Å². The maximum atomic E-state index is 12.4. The molecule has 25 heavy (non-hydrogen) atoms. The quantitative estimate of drug-likeness (QED) is 0.510. The topological polar surface area (TPSA) is 64.0 Å². The van der Waals surface area contributed by atoms with E-state index >= 15 is 0 Å². The monoisotopic (exact) mass is 413 g/mol. The highest BCUT2D eigenvalue weighted by molar-refractivity contribution is 7.99. The number of halogens is 2. The lowest BCUT2D eigenvalue weighted by Crippen LogP contribution is -2.20.